The van der Waals surface area contributed by atoms with Gasteiger partial charge in [0.1, 0.15) is 5.56 Å². The minimum absolute atomic E-state index is 0.0459. The first-order valence-electron chi connectivity index (χ1n) is 7.16. The topological polar surface area (TPSA) is 105 Å². The molecule has 0 aliphatic rings. The zero-order valence-corrected chi connectivity index (χ0v) is 14.8. The number of rotatable bonds is 5. The lowest BCUT2D eigenvalue weighted by molar-refractivity contribution is -0.115. The maximum Gasteiger partial charge on any atom is 0.341 e. The third kappa shape index (κ3) is 4.80. The van der Waals surface area contributed by atoms with Gasteiger partial charge in [0.05, 0.1) is 19.3 Å². The van der Waals surface area contributed by atoms with E-state index in [2.05, 4.69) is 31.3 Å². The number of nitrogens with one attached hydrogen (secondary N) is 2. The second kappa shape index (κ2) is 8.29. The van der Waals surface area contributed by atoms with Gasteiger partial charge in [-0.3, -0.25) is 9.59 Å². The first kappa shape index (κ1) is 18.5. The minimum Gasteiger partial charge on any atom is -0.505 e. The summed E-state index contributed by atoms with van der Waals surface area (Å²) in [6.07, 6.45) is 0. The SMILES string of the molecule is COC(=O)c1cccc(NC(=O)CNC(=O)c2cccc(Br)c2)c1O. The fourth-order valence-electron chi connectivity index (χ4n) is 2.01. The van der Waals surface area contributed by atoms with Crippen LogP contribution in [0.3, 0.4) is 0 Å². The molecular formula is C17H15BrN2O5. The molecule has 0 aliphatic carbocycles. The van der Waals surface area contributed by atoms with Crippen LogP contribution in [0, 0.1) is 0 Å². The van der Waals surface area contributed by atoms with Gasteiger partial charge in [-0.15, -0.1) is 0 Å². The first-order chi connectivity index (χ1) is 11.9. The van der Waals surface area contributed by atoms with E-state index in [9.17, 15) is 19.5 Å². The highest BCUT2D eigenvalue weighted by Crippen LogP contribution is 2.27. The molecule has 0 heterocycles. The van der Waals surface area contributed by atoms with Crippen molar-refractivity contribution in [1.29, 1.82) is 0 Å². The number of methoxy groups -OCH3 is 1. The molecule has 2 aromatic carbocycles. The number of aromatic hydroxyl groups is 1. The predicted octanol–water partition coefficient (Wildman–Crippen LogP) is 2.31. The maximum absolute atomic E-state index is 12.0. The highest BCUT2D eigenvalue weighted by molar-refractivity contribution is 9.10. The number of esters is 1. The molecule has 130 valence electrons. The molecule has 0 radical (unpaired) electrons. The molecule has 0 atom stereocenters. The van der Waals surface area contributed by atoms with Crippen LogP contribution in [0.5, 0.6) is 5.75 Å². The molecule has 0 saturated carbocycles. The predicted molar refractivity (Wildman–Crippen MR) is 94.6 cm³/mol. The minimum atomic E-state index is -0.725. The van der Waals surface area contributed by atoms with Crippen molar-refractivity contribution in [2.75, 3.05) is 19.0 Å². The lowest BCUT2D eigenvalue weighted by atomic mass is 10.1. The fourth-order valence-corrected chi connectivity index (χ4v) is 2.41. The van der Waals surface area contributed by atoms with Gasteiger partial charge in [0, 0.05) is 10.0 Å². The van der Waals surface area contributed by atoms with E-state index in [1.807, 2.05) is 0 Å². The van der Waals surface area contributed by atoms with Crippen molar-refractivity contribution in [3.8, 4) is 5.75 Å². The Kier molecular flexibility index (Phi) is 6.13. The number of hydrogen-bond acceptors (Lipinski definition) is 5. The Morgan fingerprint density at radius 1 is 1.16 bits per heavy atom. The Labute approximate surface area is 152 Å². The first-order valence-corrected chi connectivity index (χ1v) is 7.95. The van der Waals surface area contributed by atoms with Gasteiger partial charge in [0.25, 0.3) is 5.91 Å². The number of hydrogen-bond donors (Lipinski definition) is 3. The molecule has 25 heavy (non-hydrogen) atoms. The highest BCUT2D eigenvalue weighted by atomic mass is 79.9. The molecular weight excluding hydrogens is 392 g/mol. The zero-order chi connectivity index (χ0) is 18.4. The average molecular weight is 407 g/mol. The molecule has 8 heteroatoms. The molecule has 0 aromatic heterocycles. The van der Waals surface area contributed by atoms with Gasteiger partial charge < -0.3 is 20.5 Å². The Hall–Kier alpha value is -2.87. The third-order valence-electron chi connectivity index (χ3n) is 3.21. The van der Waals surface area contributed by atoms with E-state index in [0.717, 1.165) is 4.47 Å². The summed E-state index contributed by atoms with van der Waals surface area (Å²) in [6.45, 7) is -0.298. The van der Waals surface area contributed by atoms with Gasteiger partial charge in [-0.1, -0.05) is 28.1 Å². The monoisotopic (exact) mass is 406 g/mol. The smallest absolute Gasteiger partial charge is 0.341 e. The molecule has 2 amide bonds. The van der Waals surface area contributed by atoms with Crippen LogP contribution in [0.1, 0.15) is 20.7 Å². The van der Waals surface area contributed by atoms with Crippen LogP contribution in [0.15, 0.2) is 46.9 Å². The van der Waals surface area contributed by atoms with Crippen molar-refractivity contribution in [3.63, 3.8) is 0 Å². The summed E-state index contributed by atoms with van der Waals surface area (Å²) in [5.41, 5.74) is 0.376. The number of ether oxygens (including phenoxy) is 1. The molecule has 0 spiro atoms. The van der Waals surface area contributed by atoms with Crippen LogP contribution in [0.25, 0.3) is 0 Å². The van der Waals surface area contributed by atoms with Crippen molar-refractivity contribution in [1.82, 2.24) is 5.32 Å². The Bertz CT molecular complexity index is 822. The van der Waals surface area contributed by atoms with Gasteiger partial charge in [0.2, 0.25) is 5.91 Å². The van der Waals surface area contributed by atoms with Gasteiger partial charge in [-0.2, -0.15) is 0 Å². The number of phenolic OH excluding ortho intramolecular Hbond substituents is 1. The standard InChI is InChI=1S/C17H15BrN2O5/c1-25-17(24)12-6-3-7-13(15(12)22)20-14(21)9-19-16(23)10-4-2-5-11(18)8-10/h2-8,22H,9H2,1H3,(H,19,23)(H,20,21). The molecule has 3 N–H and O–H groups in total. The Morgan fingerprint density at radius 3 is 2.56 bits per heavy atom. The van der Waals surface area contributed by atoms with Crippen LogP contribution in [-0.2, 0) is 9.53 Å². The number of phenols is 1. The molecule has 2 aromatic rings. The zero-order valence-electron chi connectivity index (χ0n) is 13.2. The number of carbonyl (C=O) groups excluding carboxylic acids is 3. The summed E-state index contributed by atoms with van der Waals surface area (Å²) in [6, 6.07) is 11.0. The summed E-state index contributed by atoms with van der Waals surface area (Å²) >= 11 is 3.26. The lowest BCUT2D eigenvalue weighted by Gasteiger charge is -2.10. The summed E-state index contributed by atoms with van der Waals surface area (Å²) in [4.78, 5) is 35.5. The average Bonchev–Trinajstić information content (AvgIpc) is 2.60. The van der Waals surface area contributed by atoms with E-state index in [-0.39, 0.29) is 17.8 Å². The quantitative estimate of drug-likeness (QED) is 0.521. The van der Waals surface area contributed by atoms with Gasteiger partial charge >= 0.3 is 5.97 Å². The molecule has 0 unspecified atom stereocenters. The van der Waals surface area contributed by atoms with E-state index in [1.54, 1.807) is 24.3 Å². The number of halogens is 1. The number of anilines is 1. The van der Waals surface area contributed by atoms with Gasteiger partial charge in [0.15, 0.2) is 5.75 Å². The lowest BCUT2D eigenvalue weighted by Crippen LogP contribution is -2.32. The Balaban J connectivity index is 1.99. The van der Waals surface area contributed by atoms with Crippen molar-refractivity contribution in [3.05, 3.63) is 58.1 Å². The number of amides is 2. The normalized spacial score (nSPS) is 10.0. The van der Waals surface area contributed by atoms with Crippen LogP contribution in [0.2, 0.25) is 0 Å². The molecule has 0 saturated heterocycles. The van der Waals surface area contributed by atoms with E-state index in [1.165, 1.54) is 25.3 Å². The second-order valence-corrected chi connectivity index (χ2v) is 5.85. The van der Waals surface area contributed by atoms with Crippen molar-refractivity contribution < 1.29 is 24.2 Å². The van der Waals surface area contributed by atoms with Crippen LogP contribution in [-0.4, -0.2) is 36.5 Å². The largest absolute Gasteiger partial charge is 0.505 e. The van der Waals surface area contributed by atoms with Gasteiger partial charge in [-0.25, -0.2) is 4.79 Å². The molecule has 7 nitrogen and oxygen atoms in total. The Morgan fingerprint density at radius 2 is 1.88 bits per heavy atom. The summed E-state index contributed by atoms with van der Waals surface area (Å²) in [5, 5.41) is 14.9. The van der Waals surface area contributed by atoms with Crippen LogP contribution in [0.4, 0.5) is 5.69 Å². The number of carbonyl (C=O) groups is 3. The van der Waals surface area contributed by atoms with E-state index < -0.39 is 23.5 Å². The summed E-state index contributed by atoms with van der Waals surface area (Å²) in [5.74, 6) is -2.10. The molecule has 0 bridgehead atoms. The number of para-hydroxylation sites is 1. The maximum atomic E-state index is 12.0. The highest BCUT2D eigenvalue weighted by Gasteiger charge is 2.16. The van der Waals surface area contributed by atoms with E-state index in [4.69, 9.17) is 0 Å². The van der Waals surface area contributed by atoms with Crippen molar-refractivity contribution in [2.24, 2.45) is 0 Å². The van der Waals surface area contributed by atoms with Gasteiger partial charge in [-0.05, 0) is 30.3 Å². The van der Waals surface area contributed by atoms with E-state index in [0.29, 0.717) is 5.56 Å². The summed E-state index contributed by atoms with van der Waals surface area (Å²) < 4.78 is 5.29. The summed E-state index contributed by atoms with van der Waals surface area (Å²) in [7, 11) is 1.19. The van der Waals surface area contributed by atoms with Crippen LogP contribution >= 0.6 is 15.9 Å². The molecule has 0 aliphatic heterocycles. The molecule has 2 rings (SSSR count). The van der Waals surface area contributed by atoms with Crippen LogP contribution < -0.4 is 10.6 Å². The third-order valence-corrected chi connectivity index (χ3v) is 3.70. The molecule has 0 fully saturated rings. The second-order valence-electron chi connectivity index (χ2n) is 4.93. The number of benzene rings is 2. The van der Waals surface area contributed by atoms with E-state index >= 15 is 0 Å². The van der Waals surface area contributed by atoms with Crippen molar-refractivity contribution >= 4 is 39.4 Å². The van der Waals surface area contributed by atoms with Crippen molar-refractivity contribution in [2.45, 2.75) is 0 Å². The fraction of sp³-hybridized carbons (Fsp3) is 0.118.